The molecule has 0 aromatic heterocycles. The first-order valence-electron chi connectivity index (χ1n) is 4.30. The molecule has 0 aliphatic rings. The van der Waals surface area contributed by atoms with Crippen molar-refractivity contribution < 1.29 is 0 Å². The molecule has 0 amide bonds. The van der Waals surface area contributed by atoms with Crippen molar-refractivity contribution in [3.8, 4) is 0 Å². The second-order valence-corrected chi connectivity index (χ2v) is 9.90. The van der Waals surface area contributed by atoms with Gasteiger partial charge in [0.25, 0.3) is 6.69 Å². The summed E-state index contributed by atoms with van der Waals surface area (Å²) in [4.78, 5) is 0. The molecule has 0 heterocycles. The Morgan fingerprint density at radius 3 is 2.31 bits per heavy atom. The van der Waals surface area contributed by atoms with Crippen LogP contribution >= 0.6 is 22.2 Å². The summed E-state index contributed by atoms with van der Waals surface area (Å²) in [5.41, 5.74) is 5.42. The van der Waals surface area contributed by atoms with Gasteiger partial charge in [0, 0.05) is 0 Å². The molecule has 1 rings (SSSR count). The van der Waals surface area contributed by atoms with Gasteiger partial charge in [-0.05, 0) is 24.2 Å². The fourth-order valence-corrected chi connectivity index (χ4v) is 4.33. The lowest BCUT2D eigenvalue weighted by Gasteiger charge is -2.16. The molecule has 13 heavy (non-hydrogen) atoms. The van der Waals surface area contributed by atoms with Crippen molar-refractivity contribution in [1.29, 1.82) is 0 Å². The Labute approximate surface area is 89.3 Å². The second kappa shape index (κ2) is 5.01. The topological polar surface area (TPSA) is 26.0 Å². The van der Waals surface area contributed by atoms with E-state index < -0.39 is 6.69 Å². The number of halogens is 2. The summed E-state index contributed by atoms with van der Waals surface area (Å²) in [6.07, 6.45) is 0.897. The Morgan fingerprint density at radius 2 is 1.77 bits per heavy atom. The summed E-state index contributed by atoms with van der Waals surface area (Å²) >= 11 is 12.6. The lowest BCUT2D eigenvalue weighted by Crippen LogP contribution is -2.36. The Balaban J connectivity index is 2.69. The van der Waals surface area contributed by atoms with Crippen LogP contribution in [0.5, 0.6) is 0 Å². The number of hydrogen-bond donors (Lipinski definition) is 1. The minimum absolute atomic E-state index is 0.654. The molecule has 0 aliphatic carbocycles. The van der Waals surface area contributed by atoms with Gasteiger partial charge in [0.2, 0.25) is 0 Å². The van der Waals surface area contributed by atoms with E-state index in [4.69, 9.17) is 27.9 Å². The van der Waals surface area contributed by atoms with Crippen LogP contribution in [0.4, 0.5) is 0 Å². The number of rotatable bonds is 4. The van der Waals surface area contributed by atoms with E-state index in [1.165, 1.54) is 0 Å². The van der Waals surface area contributed by atoms with Crippen LogP contribution in [0.25, 0.3) is 0 Å². The lowest BCUT2D eigenvalue weighted by atomic mass is 10.4. The molecular formula is C9H13Cl2NSi. The molecular weight excluding hydrogens is 221 g/mol. The predicted molar refractivity (Wildman–Crippen MR) is 62.0 cm³/mol. The molecule has 1 nitrogen and oxygen atoms in total. The van der Waals surface area contributed by atoms with Gasteiger partial charge < -0.3 is 5.73 Å². The molecule has 4 heteroatoms. The highest BCUT2D eigenvalue weighted by atomic mass is 35.7. The van der Waals surface area contributed by atoms with E-state index in [1.807, 2.05) is 30.3 Å². The second-order valence-electron chi connectivity index (χ2n) is 2.96. The third kappa shape index (κ3) is 3.31. The minimum Gasteiger partial charge on any atom is -0.330 e. The zero-order valence-corrected chi connectivity index (χ0v) is 9.85. The van der Waals surface area contributed by atoms with Crippen LogP contribution in [0.3, 0.4) is 0 Å². The van der Waals surface area contributed by atoms with Crippen molar-refractivity contribution in [1.82, 2.24) is 0 Å². The van der Waals surface area contributed by atoms with Gasteiger partial charge in [-0.25, -0.2) is 0 Å². The molecule has 2 N–H and O–H groups in total. The standard InChI is InChI=1S/C9H13Cl2NSi/c10-13(11,8-4-7-12)9-5-2-1-3-6-9/h1-3,5-6H,4,7-8,12H2. The van der Waals surface area contributed by atoms with E-state index in [2.05, 4.69) is 0 Å². The highest BCUT2D eigenvalue weighted by molar-refractivity contribution is 7.50. The lowest BCUT2D eigenvalue weighted by molar-refractivity contribution is 0.924. The van der Waals surface area contributed by atoms with Gasteiger partial charge in [-0.15, -0.1) is 22.2 Å². The molecule has 0 bridgehead atoms. The average molecular weight is 234 g/mol. The fourth-order valence-electron chi connectivity index (χ4n) is 1.15. The highest BCUT2D eigenvalue weighted by Crippen LogP contribution is 2.21. The summed E-state index contributed by atoms with van der Waals surface area (Å²) < 4.78 is 0. The molecule has 0 aliphatic heterocycles. The number of hydrogen-bond acceptors (Lipinski definition) is 1. The maximum Gasteiger partial charge on any atom is 0.280 e. The Morgan fingerprint density at radius 1 is 1.15 bits per heavy atom. The van der Waals surface area contributed by atoms with Crippen LogP contribution in [-0.2, 0) is 0 Å². The van der Waals surface area contributed by atoms with Crippen LogP contribution in [-0.4, -0.2) is 13.2 Å². The van der Waals surface area contributed by atoms with E-state index >= 15 is 0 Å². The van der Waals surface area contributed by atoms with Crippen LogP contribution in [0.1, 0.15) is 6.42 Å². The maximum absolute atomic E-state index is 6.29. The van der Waals surface area contributed by atoms with Crippen LogP contribution in [0.15, 0.2) is 30.3 Å². The minimum atomic E-state index is -2.24. The highest BCUT2D eigenvalue weighted by Gasteiger charge is 2.29. The zero-order valence-electron chi connectivity index (χ0n) is 7.34. The largest absolute Gasteiger partial charge is 0.330 e. The zero-order chi connectivity index (χ0) is 9.73. The normalized spacial score (nSPS) is 11.6. The summed E-state index contributed by atoms with van der Waals surface area (Å²) in [5, 5.41) is 1.08. The molecule has 0 radical (unpaired) electrons. The van der Waals surface area contributed by atoms with Crippen LogP contribution < -0.4 is 10.9 Å². The first-order chi connectivity index (χ1) is 6.17. The predicted octanol–water partition coefficient (Wildman–Crippen LogP) is 2.16. The molecule has 0 fully saturated rings. The number of nitrogens with two attached hydrogens (primary N) is 1. The van der Waals surface area contributed by atoms with Gasteiger partial charge in [-0.1, -0.05) is 30.3 Å². The molecule has 72 valence electrons. The first-order valence-corrected chi connectivity index (χ1v) is 8.53. The van der Waals surface area contributed by atoms with Crippen molar-refractivity contribution in [2.75, 3.05) is 6.54 Å². The SMILES string of the molecule is NCCC[Si](Cl)(Cl)c1ccccc1. The van der Waals surface area contributed by atoms with Crippen molar-refractivity contribution in [3.63, 3.8) is 0 Å². The Hall–Kier alpha value is -0.0231. The van der Waals surface area contributed by atoms with E-state index in [9.17, 15) is 0 Å². The Bertz CT molecular complexity index is 251. The summed E-state index contributed by atoms with van der Waals surface area (Å²) in [6.45, 7) is -1.58. The average Bonchev–Trinajstić information content (AvgIpc) is 2.16. The molecule has 0 unspecified atom stereocenters. The maximum atomic E-state index is 6.29. The van der Waals surface area contributed by atoms with E-state index in [-0.39, 0.29) is 0 Å². The molecule has 0 spiro atoms. The monoisotopic (exact) mass is 233 g/mol. The summed E-state index contributed by atoms with van der Waals surface area (Å²) in [7, 11) is 0. The van der Waals surface area contributed by atoms with Crippen molar-refractivity contribution >= 4 is 34.0 Å². The third-order valence-electron chi connectivity index (χ3n) is 1.89. The van der Waals surface area contributed by atoms with Gasteiger partial charge in [0.15, 0.2) is 0 Å². The molecule has 0 atom stereocenters. The first kappa shape index (κ1) is 11.1. The van der Waals surface area contributed by atoms with E-state index in [1.54, 1.807) is 0 Å². The number of benzene rings is 1. The van der Waals surface area contributed by atoms with Gasteiger partial charge in [0.1, 0.15) is 0 Å². The van der Waals surface area contributed by atoms with Crippen molar-refractivity contribution in [2.45, 2.75) is 12.5 Å². The van der Waals surface area contributed by atoms with E-state index in [0.717, 1.165) is 17.7 Å². The summed E-state index contributed by atoms with van der Waals surface area (Å²) in [6, 6.07) is 10.7. The quantitative estimate of drug-likeness (QED) is 0.627. The van der Waals surface area contributed by atoms with Gasteiger partial charge >= 0.3 is 0 Å². The van der Waals surface area contributed by atoms with Crippen LogP contribution in [0.2, 0.25) is 6.04 Å². The summed E-state index contributed by atoms with van der Waals surface area (Å²) in [5.74, 6) is 0. The van der Waals surface area contributed by atoms with Gasteiger partial charge in [-0.2, -0.15) is 0 Å². The van der Waals surface area contributed by atoms with Gasteiger partial charge in [0.05, 0.1) is 0 Å². The molecule has 0 saturated carbocycles. The van der Waals surface area contributed by atoms with Crippen molar-refractivity contribution in [2.24, 2.45) is 5.73 Å². The van der Waals surface area contributed by atoms with E-state index in [0.29, 0.717) is 6.54 Å². The van der Waals surface area contributed by atoms with Gasteiger partial charge in [-0.3, -0.25) is 0 Å². The van der Waals surface area contributed by atoms with Crippen molar-refractivity contribution in [3.05, 3.63) is 30.3 Å². The molecule has 1 aromatic carbocycles. The van der Waals surface area contributed by atoms with Crippen LogP contribution in [0, 0.1) is 0 Å². The molecule has 0 saturated heterocycles. The smallest absolute Gasteiger partial charge is 0.280 e. The fraction of sp³-hybridized carbons (Fsp3) is 0.333. The third-order valence-corrected chi connectivity index (χ3v) is 6.49. The Kier molecular flexibility index (Phi) is 4.26. The molecule has 1 aromatic rings.